The summed E-state index contributed by atoms with van der Waals surface area (Å²) >= 11 is 0. The van der Waals surface area contributed by atoms with E-state index in [9.17, 15) is 9.18 Å². The van der Waals surface area contributed by atoms with Gasteiger partial charge in [0.05, 0.1) is 19.1 Å². The van der Waals surface area contributed by atoms with Gasteiger partial charge in [0, 0.05) is 13.0 Å². The van der Waals surface area contributed by atoms with Crippen LogP contribution in [0.3, 0.4) is 0 Å². The monoisotopic (exact) mass is 306 g/mol. The van der Waals surface area contributed by atoms with Crippen LogP contribution >= 0.6 is 0 Å². The van der Waals surface area contributed by atoms with Crippen molar-refractivity contribution < 1.29 is 18.7 Å². The third-order valence-corrected chi connectivity index (χ3v) is 5.79. The zero-order chi connectivity index (χ0) is 15.9. The van der Waals surface area contributed by atoms with Crippen LogP contribution in [0.15, 0.2) is 24.3 Å². The molecule has 4 heteroatoms. The molecule has 0 amide bonds. The maximum Gasteiger partial charge on any atom is 0.309 e. The molecule has 0 N–H and O–H groups in total. The molecule has 2 aliphatic carbocycles. The molecule has 0 spiro atoms. The number of hydrogen-bond acceptors (Lipinski definition) is 3. The Bertz CT molecular complexity index is 542. The van der Waals surface area contributed by atoms with E-state index in [1.54, 1.807) is 19.2 Å². The van der Waals surface area contributed by atoms with Crippen molar-refractivity contribution in [1.29, 1.82) is 0 Å². The van der Waals surface area contributed by atoms with Crippen molar-refractivity contribution >= 4 is 5.97 Å². The first kappa shape index (κ1) is 15.5. The summed E-state index contributed by atoms with van der Waals surface area (Å²) in [7, 11) is 3.16. The van der Waals surface area contributed by atoms with E-state index in [-0.39, 0.29) is 35.6 Å². The van der Waals surface area contributed by atoms with Crippen LogP contribution in [0.25, 0.3) is 0 Å². The van der Waals surface area contributed by atoms with Crippen molar-refractivity contribution in [3.05, 3.63) is 35.6 Å². The van der Waals surface area contributed by atoms with Crippen molar-refractivity contribution in [1.82, 2.24) is 0 Å². The molecule has 0 heterocycles. The molecule has 6 atom stereocenters. The zero-order valence-electron chi connectivity index (χ0n) is 13.3. The first-order chi connectivity index (χ1) is 10.6. The topological polar surface area (TPSA) is 35.5 Å². The van der Waals surface area contributed by atoms with E-state index in [1.165, 1.54) is 19.2 Å². The molecule has 120 valence electrons. The maximum absolute atomic E-state index is 13.2. The Morgan fingerprint density at radius 2 is 1.86 bits per heavy atom. The second-order valence-corrected chi connectivity index (χ2v) is 6.65. The van der Waals surface area contributed by atoms with Crippen molar-refractivity contribution in [2.24, 2.45) is 23.7 Å². The highest BCUT2D eigenvalue weighted by Crippen LogP contribution is 2.56. The van der Waals surface area contributed by atoms with Crippen LogP contribution in [-0.2, 0) is 14.3 Å². The number of methoxy groups -OCH3 is 2. The van der Waals surface area contributed by atoms with E-state index in [2.05, 4.69) is 6.92 Å². The number of fused-ring (bicyclic) bond motifs is 2. The summed E-state index contributed by atoms with van der Waals surface area (Å²) in [5, 5.41) is 0. The number of ether oxygens (including phenoxy) is 2. The van der Waals surface area contributed by atoms with Crippen molar-refractivity contribution in [2.75, 3.05) is 14.2 Å². The molecular formula is C18H23FO3. The van der Waals surface area contributed by atoms with Crippen LogP contribution in [0.5, 0.6) is 0 Å². The van der Waals surface area contributed by atoms with Crippen LogP contribution in [0.4, 0.5) is 4.39 Å². The van der Waals surface area contributed by atoms with E-state index in [0.29, 0.717) is 11.8 Å². The third-order valence-electron chi connectivity index (χ3n) is 5.79. The lowest BCUT2D eigenvalue weighted by Crippen LogP contribution is -2.41. The van der Waals surface area contributed by atoms with Crippen molar-refractivity contribution in [2.45, 2.75) is 31.8 Å². The van der Waals surface area contributed by atoms with Gasteiger partial charge in [-0.15, -0.1) is 0 Å². The van der Waals surface area contributed by atoms with Gasteiger partial charge in [0.2, 0.25) is 0 Å². The van der Waals surface area contributed by atoms with E-state index in [4.69, 9.17) is 9.47 Å². The molecule has 2 bridgehead atoms. The Kier molecular flexibility index (Phi) is 4.22. The van der Waals surface area contributed by atoms with Crippen LogP contribution < -0.4 is 0 Å². The predicted molar refractivity (Wildman–Crippen MR) is 80.8 cm³/mol. The molecule has 0 aliphatic heterocycles. The zero-order valence-corrected chi connectivity index (χ0v) is 13.3. The lowest BCUT2D eigenvalue weighted by molar-refractivity contribution is -0.152. The first-order valence-electron chi connectivity index (χ1n) is 7.93. The molecule has 2 fully saturated rings. The molecule has 1 unspecified atom stereocenters. The van der Waals surface area contributed by atoms with Gasteiger partial charge >= 0.3 is 5.97 Å². The molecule has 1 aromatic rings. The average molecular weight is 306 g/mol. The van der Waals surface area contributed by atoms with Crippen LogP contribution in [0, 0.1) is 29.5 Å². The highest BCUT2D eigenvalue weighted by Gasteiger charge is 2.55. The predicted octanol–water partition coefficient (Wildman–Crippen LogP) is 3.39. The summed E-state index contributed by atoms with van der Waals surface area (Å²) < 4.78 is 24.0. The van der Waals surface area contributed by atoms with Gasteiger partial charge in [-0.25, -0.2) is 4.39 Å². The van der Waals surface area contributed by atoms with Crippen molar-refractivity contribution in [3.63, 3.8) is 0 Å². The highest BCUT2D eigenvalue weighted by molar-refractivity contribution is 5.74. The average Bonchev–Trinajstić information content (AvgIpc) is 2.73. The Morgan fingerprint density at radius 3 is 2.45 bits per heavy atom. The number of esters is 1. The Balaban J connectivity index is 1.98. The fourth-order valence-corrected chi connectivity index (χ4v) is 4.70. The fourth-order valence-electron chi connectivity index (χ4n) is 4.70. The minimum absolute atomic E-state index is 0.0828. The summed E-state index contributed by atoms with van der Waals surface area (Å²) in [6.45, 7) is 2.21. The minimum Gasteiger partial charge on any atom is -0.469 e. The summed E-state index contributed by atoms with van der Waals surface area (Å²) in [6.07, 6.45) is 2.03. The summed E-state index contributed by atoms with van der Waals surface area (Å²) in [5.74, 6) is 0.616. The van der Waals surface area contributed by atoms with Crippen LogP contribution in [-0.4, -0.2) is 26.3 Å². The van der Waals surface area contributed by atoms with Gasteiger partial charge in [0.15, 0.2) is 0 Å². The SMILES string of the molecule is COC(=O)[C@@H]1[C@@H]2C(C)[C@@H](C[C@H]2OC)C[C@H]1c1ccc(F)cc1. The minimum atomic E-state index is -0.250. The molecule has 1 aromatic carbocycles. The molecule has 2 aliphatic rings. The number of benzene rings is 1. The maximum atomic E-state index is 13.2. The molecule has 0 radical (unpaired) electrons. The van der Waals surface area contributed by atoms with Gasteiger partial charge in [-0.1, -0.05) is 19.1 Å². The molecule has 0 saturated heterocycles. The van der Waals surface area contributed by atoms with E-state index in [0.717, 1.165) is 18.4 Å². The fraction of sp³-hybridized carbons (Fsp3) is 0.611. The number of carbonyl (C=O) groups is 1. The number of rotatable bonds is 3. The lowest BCUT2D eigenvalue weighted by atomic mass is 9.64. The van der Waals surface area contributed by atoms with Gasteiger partial charge in [-0.3, -0.25) is 4.79 Å². The smallest absolute Gasteiger partial charge is 0.309 e. The summed E-state index contributed by atoms with van der Waals surface area (Å²) in [6, 6.07) is 6.54. The third kappa shape index (κ3) is 2.43. The van der Waals surface area contributed by atoms with Crippen LogP contribution in [0.1, 0.15) is 31.2 Å². The normalized spacial score (nSPS) is 37.1. The van der Waals surface area contributed by atoms with E-state index >= 15 is 0 Å². The molecule has 3 nitrogen and oxygen atoms in total. The second-order valence-electron chi connectivity index (χ2n) is 6.65. The van der Waals surface area contributed by atoms with Gasteiger partial charge in [-0.2, -0.15) is 0 Å². The Labute approximate surface area is 130 Å². The molecule has 2 saturated carbocycles. The highest BCUT2D eigenvalue weighted by atomic mass is 19.1. The number of carbonyl (C=O) groups excluding carboxylic acids is 1. The molecule has 0 aromatic heterocycles. The van der Waals surface area contributed by atoms with Gasteiger partial charge in [-0.05, 0) is 48.3 Å². The lowest BCUT2D eigenvalue weighted by Gasteiger charge is -2.40. The van der Waals surface area contributed by atoms with Crippen molar-refractivity contribution in [3.8, 4) is 0 Å². The quantitative estimate of drug-likeness (QED) is 0.803. The summed E-state index contributed by atoms with van der Waals surface area (Å²) in [5.41, 5.74) is 1.02. The van der Waals surface area contributed by atoms with E-state index in [1.807, 2.05) is 0 Å². The Morgan fingerprint density at radius 1 is 1.18 bits per heavy atom. The second kappa shape index (κ2) is 5.99. The largest absolute Gasteiger partial charge is 0.469 e. The Hall–Kier alpha value is -1.42. The van der Waals surface area contributed by atoms with Crippen LogP contribution in [0.2, 0.25) is 0 Å². The van der Waals surface area contributed by atoms with Gasteiger partial charge in [0.1, 0.15) is 5.82 Å². The first-order valence-corrected chi connectivity index (χ1v) is 7.93. The molecule has 3 rings (SSSR count). The number of halogens is 1. The van der Waals surface area contributed by atoms with E-state index < -0.39 is 0 Å². The summed E-state index contributed by atoms with van der Waals surface area (Å²) in [4.78, 5) is 12.5. The van der Waals surface area contributed by atoms with Gasteiger partial charge < -0.3 is 9.47 Å². The standard InChI is InChI=1S/C18H23FO3/c1-10-12-8-14(11-4-6-13(19)7-5-11)17(18(20)22-3)16(10)15(9-12)21-2/h4-7,10,12,14-17H,8-9H2,1-3H3/t10?,12-,14+,15-,16-,17+/m1/s1. The van der Waals surface area contributed by atoms with Gasteiger partial charge in [0.25, 0.3) is 0 Å². The molecular weight excluding hydrogens is 283 g/mol. The molecule has 22 heavy (non-hydrogen) atoms. The number of hydrogen-bond donors (Lipinski definition) is 0.